The van der Waals surface area contributed by atoms with Crippen LogP contribution in [0.25, 0.3) is 0 Å². The number of aryl methyl sites for hydroxylation is 1. The Bertz CT molecular complexity index is 1510. The van der Waals surface area contributed by atoms with Crippen LogP contribution in [0.4, 0.5) is 35.1 Å². The van der Waals surface area contributed by atoms with Crippen molar-refractivity contribution >= 4 is 15.7 Å². The number of benzene rings is 2. The van der Waals surface area contributed by atoms with Crippen molar-refractivity contribution in [1.29, 1.82) is 0 Å². The lowest BCUT2D eigenvalue weighted by Crippen LogP contribution is -2.54. The van der Waals surface area contributed by atoms with Crippen LogP contribution in [-0.4, -0.2) is 44.2 Å². The molecule has 13 heteroatoms. The highest BCUT2D eigenvalue weighted by atomic mass is 32.2. The van der Waals surface area contributed by atoms with Gasteiger partial charge in [-0.15, -0.1) is 0 Å². The van der Waals surface area contributed by atoms with Crippen LogP contribution in [-0.2, 0) is 31.5 Å². The first-order valence-electron chi connectivity index (χ1n) is 14.1. The molecular weight excluding hydrogens is 606 g/mol. The van der Waals surface area contributed by atoms with Gasteiger partial charge in [0.15, 0.2) is 9.84 Å². The Balaban J connectivity index is 1.67. The van der Waals surface area contributed by atoms with E-state index in [4.69, 9.17) is 0 Å². The summed E-state index contributed by atoms with van der Waals surface area (Å²) in [5.74, 6) is -1.06. The summed E-state index contributed by atoms with van der Waals surface area (Å²) < 4.78 is 137. The van der Waals surface area contributed by atoms with E-state index in [1.807, 2.05) is 6.92 Å². The van der Waals surface area contributed by atoms with Gasteiger partial charge in [-0.2, -0.15) is 26.3 Å². The predicted octanol–water partition coefficient (Wildman–Crippen LogP) is 7.40. The number of fused-ring (bicyclic) bond motifs is 3. The smallest absolute Gasteiger partial charge is 0.337 e. The van der Waals surface area contributed by atoms with Gasteiger partial charge in [-0.3, -0.25) is 4.79 Å². The molecule has 5 rings (SSSR count). The molecule has 2 aliphatic carbocycles. The van der Waals surface area contributed by atoms with E-state index in [2.05, 4.69) is 6.92 Å². The molecule has 5 atom stereocenters. The highest BCUT2D eigenvalue weighted by Gasteiger charge is 2.74. The Morgan fingerprint density at radius 2 is 1.60 bits per heavy atom. The van der Waals surface area contributed by atoms with Crippen molar-refractivity contribution in [3.63, 3.8) is 0 Å². The Kier molecular flexibility index (Phi) is 7.70. The summed E-state index contributed by atoms with van der Waals surface area (Å²) in [6.07, 6.45) is -11.0. The number of halogens is 8. The molecule has 2 aromatic rings. The van der Waals surface area contributed by atoms with E-state index in [0.717, 1.165) is 37.1 Å². The van der Waals surface area contributed by atoms with Crippen molar-refractivity contribution in [1.82, 2.24) is 4.90 Å². The molecule has 1 amide bonds. The summed E-state index contributed by atoms with van der Waals surface area (Å²) >= 11 is 0. The van der Waals surface area contributed by atoms with E-state index in [1.165, 1.54) is 11.0 Å². The lowest BCUT2D eigenvalue weighted by atomic mass is 9.74. The van der Waals surface area contributed by atoms with Gasteiger partial charge in [-0.05, 0) is 79.7 Å². The number of carbonyl (C=O) groups excluding carboxylic acids is 1. The minimum Gasteiger partial charge on any atom is -0.337 e. The van der Waals surface area contributed by atoms with Crippen LogP contribution in [0.2, 0.25) is 0 Å². The number of rotatable bonds is 4. The van der Waals surface area contributed by atoms with Crippen LogP contribution in [0.1, 0.15) is 62.6 Å². The summed E-state index contributed by atoms with van der Waals surface area (Å²) in [7, 11) is -4.59. The average molecular weight is 638 g/mol. The molecule has 0 aromatic heterocycles. The van der Waals surface area contributed by atoms with Gasteiger partial charge in [-0.1, -0.05) is 38.1 Å². The third kappa shape index (κ3) is 4.75. The second-order valence-electron chi connectivity index (χ2n) is 12.2. The molecule has 1 heterocycles. The molecule has 3 unspecified atom stereocenters. The van der Waals surface area contributed by atoms with Gasteiger partial charge < -0.3 is 4.90 Å². The zero-order chi connectivity index (χ0) is 31.8. The lowest BCUT2D eigenvalue weighted by molar-refractivity contribution is -0.348. The maximum absolute atomic E-state index is 15.0. The van der Waals surface area contributed by atoms with Crippen LogP contribution in [0.15, 0.2) is 47.4 Å². The summed E-state index contributed by atoms with van der Waals surface area (Å²) in [6.45, 7) is 4.00. The number of hydrogen-bond donors (Lipinski definition) is 0. The zero-order valence-corrected chi connectivity index (χ0v) is 24.2. The zero-order valence-electron chi connectivity index (χ0n) is 23.4. The molecule has 0 bridgehead atoms. The van der Waals surface area contributed by atoms with Crippen LogP contribution in [0, 0.1) is 23.6 Å². The number of hydrogen-bond acceptors (Lipinski definition) is 3. The molecule has 0 radical (unpaired) electrons. The van der Waals surface area contributed by atoms with E-state index < -0.39 is 54.9 Å². The van der Waals surface area contributed by atoms with Gasteiger partial charge in [-0.25, -0.2) is 17.2 Å². The molecule has 1 saturated carbocycles. The Hall–Kier alpha value is -2.70. The Labute approximate surface area is 244 Å². The number of sulfone groups is 1. The average Bonchev–Trinajstić information content (AvgIpc) is 3.32. The van der Waals surface area contributed by atoms with Crippen molar-refractivity contribution in [2.45, 2.75) is 86.1 Å². The molecule has 1 aliphatic heterocycles. The van der Waals surface area contributed by atoms with Crippen molar-refractivity contribution in [2.24, 2.45) is 17.8 Å². The summed E-state index contributed by atoms with van der Waals surface area (Å²) in [5, 5.41) is 0. The van der Waals surface area contributed by atoms with E-state index in [9.17, 15) is 48.3 Å². The van der Waals surface area contributed by atoms with E-state index in [0.29, 0.717) is 24.5 Å². The predicted molar refractivity (Wildman–Crippen MR) is 141 cm³/mol. The van der Waals surface area contributed by atoms with Crippen molar-refractivity contribution in [3.8, 4) is 0 Å². The highest BCUT2D eigenvalue weighted by molar-refractivity contribution is 7.92. The summed E-state index contributed by atoms with van der Waals surface area (Å²) in [6, 6.07) is 4.69. The molecule has 0 N–H and O–H groups in total. The SMILES string of the molecule is CC1CC[C@@H](C(=O)N2CCC3(S(=O)(=O)c4cccc(F)c4)c4ccc(C(F)(C(F)(F)F)C(F)(F)F)cc4CCC23)[C@@H](C)C1. The van der Waals surface area contributed by atoms with Gasteiger partial charge in [0, 0.05) is 18.0 Å². The quantitative estimate of drug-likeness (QED) is 0.329. The minimum atomic E-state index is -6.34. The second kappa shape index (κ2) is 10.4. The van der Waals surface area contributed by atoms with E-state index >= 15 is 0 Å². The standard InChI is InChI=1S/C30H31F8NO3S/c1-17-6-9-23(18(2)14-17)26(40)39-13-12-27(43(41,42)22-5-3-4-21(31)16-22)24-10-8-20(15-19(24)7-11-25(27)39)28(32,29(33,34)35)30(36,37)38/h3-5,8,10,15-18,23,25H,6-7,9,11-14H2,1-2H3/t17?,18-,23+,25?,27?/m0/s1. The van der Waals surface area contributed by atoms with Crippen LogP contribution < -0.4 is 0 Å². The molecule has 0 spiro atoms. The summed E-state index contributed by atoms with van der Waals surface area (Å²) in [5.41, 5.74) is -7.70. The summed E-state index contributed by atoms with van der Waals surface area (Å²) in [4.78, 5) is 15.0. The van der Waals surface area contributed by atoms with Crippen LogP contribution in [0.5, 0.6) is 0 Å². The topological polar surface area (TPSA) is 54.5 Å². The second-order valence-corrected chi connectivity index (χ2v) is 14.4. The highest BCUT2D eigenvalue weighted by Crippen LogP contribution is 2.57. The largest absolute Gasteiger partial charge is 0.435 e. The minimum absolute atomic E-state index is 0.0203. The third-order valence-electron chi connectivity index (χ3n) is 9.68. The molecule has 4 nitrogen and oxygen atoms in total. The fourth-order valence-corrected chi connectivity index (χ4v) is 9.98. The first-order chi connectivity index (χ1) is 19.9. The molecule has 2 aromatic carbocycles. The van der Waals surface area contributed by atoms with E-state index in [-0.39, 0.29) is 54.7 Å². The van der Waals surface area contributed by atoms with Crippen LogP contribution >= 0.6 is 0 Å². The third-order valence-corrected chi connectivity index (χ3v) is 12.2. The number of carbonyl (C=O) groups is 1. The number of amides is 1. The van der Waals surface area contributed by atoms with Crippen molar-refractivity contribution < 1.29 is 48.3 Å². The number of likely N-dealkylation sites (tertiary alicyclic amines) is 1. The molecule has 236 valence electrons. The van der Waals surface area contributed by atoms with Gasteiger partial charge in [0.25, 0.3) is 0 Å². The van der Waals surface area contributed by atoms with Gasteiger partial charge in [0.2, 0.25) is 5.91 Å². The fourth-order valence-electron chi connectivity index (χ4n) is 7.58. The first kappa shape index (κ1) is 31.7. The molecule has 43 heavy (non-hydrogen) atoms. The normalized spacial score (nSPS) is 28.4. The lowest BCUT2D eigenvalue weighted by Gasteiger charge is -2.44. The van der Waals surface area contributed by atoms with E-state index in [1.54, 1.807) is 0 Å². The molecular formula is C30H31F8NO3S. The van der Waals surface area contributed by atoms with Gasteiger partial charge in [0.05, 0.1) is 10.9 Å². The van der Waals surface area contributed by atoms with Crippen LogP contribution in [0.3, 0.4) is 0 Å². The molecule has 1 saturated heterocycles. The van der Waals surface area contributed by atoms with Gasteiger partial charge >= 0.3 is 18.0 Å². The number of nitrogens with zero attached hydrogens (tertiary/aromatic N) is 1. The maximum Gasteiger partial charge on any atom is 0.435 e. The monoisotopic (exact) mass is 637 g/mol. The van der Waals surface area contributed by atoms with Crippen molar-refractivity contribution in [2.75, 3.05) is 6.54 Å². The fraction of sp³-hybridized carbons (Fsp3) is 0.567. The van der Waals surface area contributed by atoms with Crippen molar-refractivity contribution in [3.05, 3.63) is 65.0 Å². The number of alkyl halides is 7. The molecule has 2 fully saturated rings. The first-order valence-corrected chi connectivity index (χ1v) is 15.6. The molecule has 3 aliphatic rings. The Morgan fingerprint density at radius 1 is 0.930 bits per heavy atom. The Morgan fingerprint density at radius 3 is 2.21 bits per heavy atom. The van der Waals surface area contributed by atoms with Gasteiger partial charge in [0.1, 0.15) is 10.6 Å². The maximum atomic E-state index is 15.0.